The number of rotatable bonds is 3. The molecule has 0 spiro atoms. The minimum atomic E-state index is -0.441. The summed E-state index contributed by atoms with van der Waals surface area (Å²) in [6, 6.07) is 9.21. The SMILES string of the molecule is CC(C)[C@@H]1CC[C@@H](C)[C@@H](C(=O)c2ccccc2)C1=O. The van der Waals surface area contributed by atoms with Gasteiger partial charge >= 0.3 is 0 Å². The molecule has 0 N–H and O–H groups in total. The van der Waals surface area contributed by atoms with Crippen LogP contribution in [0, 0.1) is 23.7 Å². The molecule has 1 aliphatic carbocycles. The third-order valence-electron chi connectivity index (χ3n) is 4.32. The van der Waals surface area contributed by atoms with Crippen molar-refractivity contribution in [3.8, 4) is 0 Å². The largest absolute Gasteiger partial charge is 0.299 e. The summed E-state index contributed by atoms with van der Waals surface area (Å²) >= 11 is 0. The molecule has 0 aliphatic heterocycles. The molecule has 2 nitrogen and oxygen atoms in total. The lowest BCUT2D eigenvalue weighted by Gasteiger charge is -2.34. The highest BCUT2D eigenvalue weighted by Gasteiger charge is 2.41. The average molecular weight is 258 g/mol. The van der Waals surface area contributed by atoms with Gasteiger partial charge in [0.2, 0.25) is 0 Å². The first-order valence-electron chi connectivity index (χ1n) is 7.15. The highest BCUT2D eigenvalue weighted by Crippen LogP contribution is 2.36. The maximum Gasteiger partial charge on any atom is 0.173 e. The zero-order valence-corrected chi connectivity index (χ0v) is 11.9. The van der Waals surface area contributed by atoms with Gasteiger partial charge < -0.3 is 0 Å². The first kappa shape index (κ1) is 14.0. The van der Waals surface area contributed by atoms with E-state index in [1.807, 2.05) is 25.1 Å². The summed E-state index contributed by atoms with van der Waals surface area (Å²) in [4.78, 5) is 25.1. The summed E-state index contributed by atoms with van der Waals surface area (Å²) < 4.78 is 0. The molecule has 0 saturated heterocycles. The Morgan fingerprint density at radius 3 is 2.37 bits per heavy atom. The van der Waals surface area contributed by atoms with Gasteiger partial charge in [-0.25, -0.2) is 0 Å². The molecule has 1 fully saturated rings. The molecule has 0 radical (unpaired) electrons. The Kier molecular flexibility index (Phi) is 4.18. The first-order chi connectivity index (χ1) is 9.02. The van der Waals surface area contributed by atoms with E-state index >= 15 is 0 Å². The monoisotopic (exact) mass is 258 g/mol. The molecule has 2 rings (SSSR count). The number of ketones is 2. The third kappa shape index (κ3) is 2.78. The molecule has 2 heteroatoms. The van der Waals surface area contributed by atoms with Gasteiger partial charge in [0.25, 0.3) is 0 Å². The van der Waals surface area contributed by atoms with Crippen LogP contribution in [0.5, 0.6) is 0 Å². The molecule has 0 amide bonds. The van der Waals surface area contributed by atoms with Crippen molar-refractivity contribution in [2.75, 3.05) is 0 Å². The van der Waals surface area contributed by atoms with Crippen molar-refractivity contribution in [2.45, 2.75) is 33.6 Å². The quantitative estimate of drug-likeness (QED) is 0.611. The molecular weight excluding hydrogens is 236 g/mol. The van der Waals surface area contributed by atoms with Crippen LogP contribution in [-0.2, 0) is 4.79 Å². The van der Waals surface area contributed by atoms with Gasteiger partial charge in [-0.15, -0.1) is 0 Å². The fraction of sp³-hybridized carbons (Fsp3) is 0.529. The van der Waals surface area contributed by atoms with Gasteiger partial charge in [-0.2, -0.15) is 0 Å². The van der Waals surface area contributed by atoms with E-state index in [9.17, 15) is 9.59 Å². The molecule has 0 aromatic heterocycles. The normalized spacial score (nSPS) is 27.6. The lowest BCUT2D eigenvalue weighted by Crippen LogP contribution is -2.40. The molecule has 1 aliphatic rings. The van der Waals surface area contributed by atoms with E-state index < -0.39 is 5.92 Å². The van der Waals surface area contributed by atoms with Gasteiger partial charge in [0.15, 0.2) is 5.78 Å². The Bertz CT molecular complexity index is 461. The number of hydrogen-bond donors (Lipinski definition) is 0. The molecule has 0 bridgehead atoms. The topological polar surface area (TPSA) is 34.1 Å². The van der Waals surface area contributed by atoms with E-state index in [4.69, 9.17) is 0 Å². The van der Waals surface area contributed by atoms with Gasteiger partial charge in [-0.05, 0) is 24.7 Å². The average Bonchev–Trinajstić information content (AvgIpc) is 2.39. The van der Waals surface area contributed by atoms with Crippen molar-refractivity contribution in [1.29, 1.82) is 0 Å². The van der Waals surface area contributed by atoms with Crippen molar-refractivity contribution < 1.29 is 9.59 Å². The number of benzene rings is 1. The maximum atomic E-state index is 12.6. The van der Waals surface area contributed by atoms with Crippen molar-refractivity contribution in [3.05, 3.63) is 35.9 Å². The van der Waals surface area contributed by atoms with Crippen LogP contribution in [0.25, 0.3) is 0 Å². The minimum absolute atomic E-state index is 0.00319. The molecule has 0 unspecified atom stereocenters. The van der Waals surface area contributed by atoms with Crippen LogP contribution < -0.4 is 0 Å². The lowest BCUT2D eigenvalue weighted by molar-refractivity contribution is -0.130. The highest BCUT2D eigenvalue weighted by atomic mass is 16.2. The van der Waals surface area contributed by atoms with Crippen molar-refractivity contribution in [2.24, 2.45) is 23.7 Å². The Hall–Kier alpha value is -1.44. The first-order valence-corrected chi connectivity index (χ1v) is 7.15. The molecule has 1 aromatic carbocycles. The Morgan fingerprint density at radius 2 is 1.79 bits per heavy atom. The van der Waals surface area contributed by atoms with Gasteiger partial charge in [0, 0.05) is 11.5 Å². The van der Waals surface area contributed by atoms with Crippen LogP contribution in [0.4, 0.5) is 0 Å². The van der Waals surface area contributed by atoms with Crippen molar-refractivity contribution >= 4 is 11.6 Å². The summed E-state index contributed by atoms with van der Waals surface area (Å²) in [6.45, 7) is 6.17. The van der Waals surface area contributed by atoms with Crippen molar-refractivity contribution in [3.63, 3.8) is 0 Å². The second-order valence-corrected chi connectivity index (χ2v) is 6.02. The van der Waals surface area contributed by atoms with Crippen molar-refractivity contribution in [1.82, 2.24) is 0 Å². The van der Waals surface area contributed by atoms with Crippen LogP contribution in [0.15, 0.2) is 30.3 Å². The summed E-state index contributed by atoms with van der Waals surface area (Å²) in [6.07, 6.45) is 1.90. The van der Waals surface area contributed by atoms with Gasteiger partial charge in [-0.3, -0.25) is 9.59 Å². The minimum Gasteiger partial charge on any atom is -0.299 e. The summed E-state index contributed by atoms with van der Waals surface area (Å²) in [5.41, 5.74) is 0.664. The second-order valence-electron chi connectivity index (χ2n) is 6.02. The molecular formula is C17H22O2. The Balaban J connectivity index is 2.26. The summed E-state index contributed by atoms with van der Waals surface area (Å²) in [7, 11) is 0. The van der Waals surface area contributed by atoms with Gasteiger partial charge in [-0.1, -0.05) is 51.1 Å². The summed E-state index contributed by atoms with van der Waals surface area (Å²) in [5, 5.41) is 0. The van der Waals surface area contributed by atoms with E-state index in [1.54, 1.807) is 12.1 Å². The van der Waals surface area contributed by atoms with E-state index in [-0.39, 0.29) is 23.4 Å². The predicted molar refractivity (Wildman–Crippen MR) is 76.0 cm³/mol. The van der Waals surface area contributed by atoms with E-state index in [2.05, 4.69) is 13.8 Å². The zero-order valence-electron chi connectivity index (χ0n) is 11.9. The predicted octanol–water partition coefficient (Wildman–Crippen LogP) is 3.76. The zero-order chi connectivity index (χ0) is 14.0. The van der Waals surface area contributed by atoms with Gasteiger partial charge in [0.05, 0.1) is 5.92 Å². The van der Waals surface area contributed by atoms with E-state index in [1.165, 1.54) is 0 Å². The van der Waals surface area contributed by atoms with E-state index in [0.717, 1.165) is 12.8 Å². The summed E-state index contributed by atoms with van der Waals surface area (Å²) in [5.74, 6) is 0.254. The number of Topliss-reactive ketones (excluding diaryl/α,β-unsaturated/α-hetero) is 2. The third-order valence-corrected chi connectivity index (χ3v) is 4.32. The number of carbonyl (C=O) groups excluding carboxylic acids is 2. The van der Waals surface area contributed by atoms with Crippen LogP contribution in [0.3, 0.4) is 0 Å². The fourth-order valence-electron chi connectivity index (χ4n) is 3.09. The van der Waals surface area contributed by atoms with E-state index in [0.29, 0.717) is 11.5 Å². The van der Waals surface area contributed by atoms with Crippen LogP contribution in [-0.4, -0.2) is 11.6 Å². The smallest absolute Gasteiger partial charge is 0.173 e. The lowest BCUT2D eigenvalue weighted by atomic mass is 9.68. The van der Waals surface area contributed by atoms with Gasteiger partial charge in [0.1, 0.15) is 5.78 Å². The maximum absolute atomic E-state index is 12.6. The molecule has 1 aromatic rings. The Morgan fingerprint density at radius 1 is 1.16 bits per heavy atom. The molecule has 102 valence electrons. The Labute approximate surface area is 115 Å². The fourth-order valence-corrected chi connectivity index (χ4v) is 3.09. The highest BCUT2D eigenvalue weighted by molar-refractivity contribution is 6.11. The van der Waals surface area contributed by atoms with Crippen LogP contribution in [0.2, 0.25) is 0 Å². The number of carbonyl (C=O) groups is 2. The molecule has 1 saturated carbocycles. The standard InChI is InChI=1S/C17H22O2/c1-11(2)14-10-9-12(3)15(17(14)19)16(18)13-7-5-4-6-8-13/h4-8,11-12,14-15H,9-10H2,1-3H3/t12-,14+,15+/m1/s1. The second kappa shape index (κ2) is 5.68. The molecule has 3 atom stereocenters. The molecule has 19 heavy (non-hydrogen) atoms. The number of hydrogen-bond acceptors (Lipinski definition) is 2. The van der Waals surface area contributed by atoms with Crippen LogP contribution in [0.1, 0.15) is 44.0 Å². The molecule has 0 heterocycles. The van der Waals surface area contributed by atoms with Crippen LogP contribution >= 0.6 is 0 Å².